The summed E-state index contributed by atoms with van der Waals surface area (Å²) < 4.78 is 0. The molecule has 0 unspecified atom stereocenters. The van der Waals surface area contributed by atoms with Gasteiger partial charge in [0.25, 0.3) is 5.56 Å². The number of thioether (sulfide) groups is 1. The van der Waals surface area contributed by atoms with Gasteiger partial charge < -0.3 is 15.4 Å². The van der Waals surface area contributed by atoms with Crippen molar-refractivity contribution in [2.24, 2.45) is 0 Å². The van der Waals surface area contributed by atoms with Crippen molar-refractivity contribution in [3.05, 3.63) is 34.6 Å². The summed E-state index contributed by atoms with van der Waals surface area (Å²) in [6, 6.07) is 7.21. The first-order valence-corrected chi connectivity index (χ1v) is 6.68. The van der Waals surface area contributed by atoms with E-state index in [2.05, 4.69) is 15.3 Å². The summed E-state index contributed by atoms with van der Waals surface area (Å²) in [6.45, 7) is 0.103. The first-order valence-electron chi connectivity index (χ1n) is 5.70. The number of fused-ring (bicyclic) bond motifs is 1. The molecule has 1 aromatic carbocycles. The van der Waals surface area contributed by atoms with E-state index >= 15 is 0 Å². The highest BCUT2D eigenvalue weighted by atomic mass is 32.2. The third-order valence-electron chi connectivity index (χ3n) is 2.34. The third-order valence-corrected chi connectivity index (χ3v) is 3.30. The molecule has 0 aliphatic rings. The van der Waals surface area contributed by atoms with Crippen LogP contribution in [0.25, 0.3) is 11.0 Å². The smallest absolute Gasteiger partial charge is 0.280 e. The lowest BCUT2D eigenvalue weighted by molar-refractivity contribution is -0.118. The van der Waals surface area contributed by atoms with E-state index in [1.165, 1.54) is 0 Å². The molecule has 100 valence electrons. The zero-order valence-corrected chi connectivity index (χ0v) is 10.9. The lowest BCUT2D eigenvalue weighted by Crippen LogP contribution is -2.28. The number of hydrogen-bond acceptors (Lipinski definition) is 5. The van der Waals surface area contributed by atoms with Crippen LogP contribution in [0.2, 0.25) is 0 Å². The molecule has 6 nitrogen and oxygen atoms in total. The van der Waals surface area contributed by atoms with Crippen LogP contribution in [0.15, 0.2) is 34.1 Å². The third kappa shape index (κ3) is 3.55. The minimum Gasteiger partial charge on any atom is -0.395 e. The minimum absolute atomic E-state index is 0.0917. The number of carbonyl (C=O) groups excluding carboxylic acids is 1. The number of aliphatic hydroxyl groups is 1. The van der Waals surface area contributed by atoms with Crippen molar-refractivity contribution in [1.29, 1.82) is 0 Å². The predicted molar refractivity (Wildman–Crippen MR) is 73.2 cm³/mol. The van der Waals surface area contributed by atoms with E-state index in [1.807, 2.05) is 12.1 Å². The van der Waals surface area contributed by atoms with Crippen molar-refractivity contribution in [1.82, 2.24) is 15.3 Å². The van der Waals surface area contributed by atoms with Crippen LogP contribution < -0.4 is 10.9 Å². The van der Waals surface area contributed by atoms with E-state index < -0.39 is 0 Å². The van der Waals surface area contributed by atoms with Gasteiger partial charge in [-0.3, -0.25) is 9.59 Å². The molecule has 0 fully saturated rings. The molecule has 0 radical (unpaired) electrons. The van der Waals surface area contributed by atoms with E-state index in [0.29, 0.717) is 11.0 Å². The first kappa shape index (κ1) is 13.6. The Labute approximate surface area is 113 Å². The highest BCUT2D eigenvalue weighted by Crippen LogP contribution is 2.13. The number of H-pyrrole nitrogens is 1. The molecule has 0 saturated carbocycles. The number of aromatic nitrogens is 2. The van der Waals surface area contributed by atoms with Gasteiger partial charge in [-0.15, -0.1) is 0 Å². The van der Waals surface area contributed by atoms with Gasteiger partial charge in [0.1, 0.15) is 0 Å². The van der Waals surface area contributed by atoms with Gasteiger partial charge >= 0.3 is 0 Å². The van der Waals surface area contributed by atoms with Gasteiger partial charge in [0.05, 0.1) is 23.4 Å². The number of benzene rings is 1. The number of aromatic amines is 1. The Kier molecular flexibility index (Phi) is 4.53. The lowest BCUT2D eigenvalue weighted by atomic mass is 10.3. The molecule has 0 saturated heterocycles. The number of nitrogens with one attached hydrogen (secondary N) is 2. The second kappa shape index (κ2) is 6.35. The number of aliphatic hydroxyl groups excluding tert-OH is 1. The molecule has 3 N–H and O–H groups in total. The maximum absolute atomic E-state index is 11.7. The van der Waals surface area contributed by atoms with Crippen molar-refractivity contribution < 1.29 is 9.90 Å². The summed E-state index contributed by atoms with van der Waals surface area (Å²) in [7, 11) is 0. The van der Waals surface area contributed by atoms with Crippen molar-refractivity contribution in [3.8, 4) is 0 Å². The zero-order valence-electron chi connectivity index (χ0n) is 10.0. The molecule has 0 bridgehead atoms. The Balaban J connectivity index is 2.10. The van der Waals surface area contributed by atoms with Crippen molar-refractivity contribution in [2.45, 2.75) is 5.03 Å². The van der Waals surface area contributed by atoms with Crippen molar-refractivity contribution >= 4 is 28.7 Å². The van der Waals surface area contributed by atoms with Crippen LogP contribution in [0.3, 0.4) is 0 Å². The second-order valence-corrected chi connectivity index (χ2v) is 4.71. The summed E-state index contributed by atoms with van der Waals surface area (Å²) in [5, 5.41) is 11.3. The highest BCUT2D eigenvalue weighted by Gasteiger charge is 2.08. The van der Waals surface area contributed by atoms with Gasteiger partial charge in [0.15, 0.2) is 5.03 Å². The molecular weight excluding hydrogens is 266 g/mol. The quantitative estimate of drug-likeness (QED) is 0.676. The molecule has 19 heavy (non-hydrogen) atoms. The molecule has 2 aromatic rings. The standard InChI is InChI=1S/C12H13N3O3S/c16-6-5-13-10(17)7-19-12-11(18)14-8-3-1-2-4-9(8)15-12/h1-4,16H,5-7H2,(H,13,17)(H,14,18). The van der Waals surface area contributed by atoms with E-state index in [4.69, 9.17) is 5.11 Å². The first-order chi connectivity index (χ1) is 9.20. The van der Waals surface area contributed by atoms with Crippen LogP contribution in [-0.4, -0.2) is 39.9 Å². The summed E-state index contributed by atoms with van der Waals surface area (Å²) in [4.78, 5) is 30.0. The largest absolute Gasteiger partial charge is 0.395 e. The van der Waals surface area contributed by atoms with E-state index in [0.717, 1.165) is 11.8 Å². The topological polar surface area (TPSA) is 95.1 Å². The summed E-state index contributed by atoms with van der Waals surface area (Å²) in [5.74, 6) is -0.151. The van der Waals surface area contributed by atoms with Gasteiger partial charge in [-0.25, -0.2) is 4.98 Å². The average Bonchev–Trinajstić information content (AvgIpc) is 2.42. The average molecular weight is 279 g/mol. The van der Waals surface area contributed by atoms with Crippen LogP contribution in [-0.2, 0) is 4.79 Å². The molecule has 1 heterocycles. The lowest BCUT2D eigenvalue weighted by Gasteiger charge is -2.03. The number of para-hydroxylation sites is 2. The Morgan fingerprint density at radius 2 is 2.21 bits per heavy atom. The fraction of sp³-hybridized carbons (Fsp3) is 0.250. The van der Waals surface area contributed by atoms with Crippen LogP contribution in [0.1, 0.15) is 0 Å². The number of nitrogens with zero attached hydrogens (tertiary/aromatic N) is 1. The molecule has 7 heteroatoms. The molecular formula is C12H13N3O3S. The SMILES string of the molecule is O=C(CSc1nc2ccccc2[nH]c1=O)NCCO. The second-order valence-electron chi connectivity index (χ2n) is 3.75. The molecule has 0 aliphatic heterocycles. The molecule has 1 amide bonds. The monoisotopic (exact) mass is 279 g/mol. The van der Waals surface area contributed by atoms with E-state index in [-0.39, 0.29) is 35.4 Å². The van der Waals surface area contributed by atoms with Crippen LogP contribution >= 0.6 is 11.8 Å². The fourth-order valence-electron chi connectivity index (χ4n) is 1.49. The molecule has 0 spiro atoms. The van der Waals surface area contributed by atoms with Crippen LogP contribution in [0.4, 0.5) is 0 Å². The van der Waals surface area contributed by atoms with E-state index in [9.17, 15) is 9.59 Å². The summed E-state index contributed by atoms with van der Waals surface area (Å²) in [5.41, 5.74) is 1.04. The number of amides is 1. The number of hydrogen-bond donors (Lipinski definition) is 3. The van der Waals surface area contributed by atoms with Crippen LogP contribution in [0.5, 0.6) is 0 Å². The Morgan fingerprint density at radius 3 is 3.00 bits per heavy atom. The zero-order chi connectivity index (χ0) is 13.7. The van der Waals surface area contributed by atoms with Gasteiger partial charge in [0, 0.05) is 6.54 Å². The van der Waals surface area contributed by atoms with E-state index in [1.54, 1.807) is 12.1 Å². The summed E-state index contributed by atoms with van der Waals surface area (Å²) >= 11 is 1.07. The maximum atomic E-state index is 11.7. The highest BCUT2D eigenvalue weighted by molar-refractivity contribution is 7.99. The number of carbonyl (C=O) groups is 1. The van der Waals surface area contributed by atoms with Gasteiger partial charge in [-0.05, 0) is 12.1 Å². The fourth-order valence-corrected chi connectivity index (χ4v) is 2.21. The maximum Gasteiger partial charge on any atom is 0.280 e. The Morgan fingerprint density at radius 1 is 1.42 bits per heavy atom. The predicted octanol–water partition coefficient (Wildman–Crippen LogP) is 0.124. The van der Waals surface area contributed by atoms with Crippen LogP contribution in [0, 0.1) is 0 Å². The van der Waals surface area contributed by atoms with Crippen molar-refractivity contribution in [3.63, 3.8) is 0 Å². The normalized spacial score (nSPS) is 10.6. The van der Waals surface area contributed by atoms with Crippen molar-refractivity contribution in [2.75, 3.05) is 18.9 Å². The molecule has 2 rings (SSSR count). The Bertz CT molecular complexity index is 641. The Hall–Kier alpha value is -1.86. The van der Waals surface area contributed by atoms with Gasteiger partial charge in [-0.1, -0.05) is 23.9 Å². The molecule has 1 aromatic heterocycles. The van der Waals surface area contributed by atoms with Gasteiger partial charge in [-0.2, -0.15) is 0 Å². The summed E-state index contributed by atoms with van der Waals surface area (Å²) in [6.07, 6.45) is 0. The van der Waals surface area contributed by atoms with Gasteiger partial charge in [0.2, 0.25) is 5.91 Å². The minimum atomic E-state index is -0.307. The molecule has 0 aliphatic carbocycles. The molecule has 0 atom stereocenters. The number of rotatable bonds is 5.